The summed E-state index contributed by atoms with van der Waals surface area (Å²) < 4.78 is 18.0. The Labute approximate surface area is 205 Å². The first kappa shape index (κ1) is 24.8. The lowest BCUT2D eigenvalue weighted by molar-refractivity contribution is -0.126. The van der Waals surface area contributed by atoms with Gasteiger partial charge in [-0.1, -0.05) is 12.1 Å². The first-order chi connectivity index (χ1) is 16.8. The van der Waals surface area contributed by atoms with Gasteiger partial charge in [0, 0.05) is 70.3 Å². The van der Waals surface area contributed by atoms with Crippen LogP contribution in [0.4, 0.5) is 0 Å². The fourth-order valence-corrected chi connectivity index (χ4v) is 4.96. The molecule has 1 aromatic heterocycles. The zero-order valence-corrected chi connectivity index (χ0v) is 20.8. The Kier molecular flexibility index (Phi) is 7.45. The second-order valence-electron chi connectivity index (χ2n) is 9.30. The summed E-state index contributed by atoms with van der Waals surface area (Å²) in [5.41, 5.74) is 2.96. The molecule has 3 heterocycles. The van der Waals surface area contributed by atoms with E-state index in [0.29, 0.717) is 50.3 Å². The van der Waals surface area contributed by atoms with Crippen molar-refractivity contribution in [3.8, 4) is 11.5 Å². The lowest BCUT2D eigenvalue weighted by Crippen LogP contribution is -2.29. The summed E-state index contributed by atoms with van der Waals surface area (Å²) in [5.74, 6) is 0.647. The smallest absolute Gasteiger partial charge is 0.343 e. The molecule has 4 rings (SSSR count). The second-order valence-corrected chi connectivity index (χ2v) is 9.30. The highest BCUT2D eigenvalue weighted by molar-refractivity contribution is 5.93. The fraction of sp³-hybridized carbons (Fsp3) is 0.500. The number of benzene rings is 1. The molecule has 0 aliphatic carbocycles. The molecule has 1 unspecified atom stereocenters. The van der Waals surface area contributed by atoms with Gasteiger partial charge in [0.25, 0.3) is 5.56 Å². The molecule has 1 fully saturated rings. The molecule has 0 spiro atoms. The minimum Gasteiger partial charge on any atom is -0.496 e. The van der Waals surface area contributed by atoms with Crippen LogP contribution < -0.4 is 15.0 Å². The number of methoxy groups -OCH3 is 2. The van der Waals surface area contributed by atoms with Gasteiger partial charge < -0.3 is 23.7 Å². The van der Waals surface area contributed by atoms with Crippen LogP contribution in [0.1, 0.15) is 33.6 Å². The number of esters is 1. The number of carbonyl (C=O) groups excluding carboxylic acids is 2. The highest BCUT2D eigenvalue weighted by atomic mass is 16.5. The molecule has 2 aliphatic rings. The van der Waals surface area contributed by atoms with Crippen molar-refractivity contribution in [2.45, 2.75) is 32.9 Å². The van der Waals surface area contributed by atoms with E-state index in [4.69, 9.17) is 14.2 Å². The van der Waals surface area contributed by atoms with Gasteiger partial charge in [0.1, 0.15) is 17.1 Å². The van der Waals surface area contributed by atoms with E-state index in [1.54, 1.807) is 23.6 Å². The van der Waals surface area contributed by atoms with Crippen LogP contribution in [0.25, 0.3) is 0 Å². The number of pyridine rings is 1. The largest absolute Gasteiger partial charge is 0.496 e. The van der Waals surface area contributed by atoms with Crippen molar-refractivity contribution >= 4 is 11.9 Å². The van der Waals surface area contributed by atoms with E-state index in [-0.39, 0.29) is 29.7 Å². The number of aromatic nitrogens is 1. The number of rotatable bonds is 7. The average Bonchev–Trinajstić information content (AvgIpc) is 3.02. The van der Waals surface area contributed by atoms with E-state index in [2.05, 4.69) is 11.0 Å². The van der Waals surface area contributed by atoms with Crippen molar-refractivity contribution in [3.05, 3.63) is 57.0 Å². The average molecular weight is 484 g/mol. The molecule has 9 nitrogen and oxygen atoms in total. The van der Waals surface area contributed by atoms with E-state index >= 15 is 0 Å². The number of nitrogens with zero attached hydrogens (tertiary/aromatic N) is 3. The zero-order valence-electron chi connectivity index (χ0n) is 20.8. The molecule has 2 aliphatic heterocycles. The third-order valence-corrected chi connectivity index (χ3v) is 6.84. The number of carbonyl (C=O) groups is 2. The van der Waals surface area contributed by atoms with Crippen molar-refractivity contribution in [2.24, 2.45) is 5.92 Å². The van der Waals surface area contributed by atoms with E-state index < -0.39 is 5.97 Å². The number of hydrogen-bond acceptors (Lipinski definition) is 7. The lowest BCUT2D eigenvalue weighted by atomic mass is 10.1. The Morgan fingerprint density at radius 2 is 1.89 bits per heavy atom. The maximum Gasteiger partial charge on any atom is 0.343 e. The normalized spacial score (nSPS) is 18.2. The summed E-state index contributed by atoms with van der Waals surface area (Å²) in [6.07, 6.45) is 0.907. The van der Waals surface area contributed by atoms with Crippen molar-refractivity contribution in [3.63, 3.8) is 0 Å². The van der Waals surface area contributed by atoms with Gasteiger partial charge in [-0.2, -0.15) is 0 Å². The number of ether oxygens (including phenoxy) is 3. The Morgan fingerprint density at radius 1 is 1.09 bits per heavy atom. The molecule has 1 aromatic carbocycles. The van der Waals surface area contributed by atoms with Gasteiger partial charge in [0.15, 0.2) is 0 Å². The van der Waals surface area contributed by atoms with Gasteiger partial charge in [-0.25, -0.2) is 4.79 Å². The van der Waals surface area contributed by atoms with Crippen LogP contribution in [0.2, 0.25) is 0 Å². The van der Waals surface area contributed by atoms with Gasteiger partial charge in [-0.15, -0.1) is 0 Å². The fourth-order valence-electron chi connectivity index (χ4n) is 4.96. The van der Waals surface area contributed by atoms with E-state index in [0.717, 1.165) is 23.4 Å². The van der Waals surface area contributed by atoms with Gasteiger partial charge in [-0.3, -0.25) is 14.5 Å². The SMILES string of the molecule is COC(=O)c1c(OCC2CC(=O)N(C)C2)cc(=O)n2c1CCN(Cc1ccc(OC)c(C)c1)CC2. The maximum atomic E-state index is 13.0. The summed E-state index contributed by atoms with van der Waals surface area (Å²) in [4.78, 5) is 41.6. The highest BCUT2D eigenvalue weighted by Gasteiger charge is 2.30. The minimum atomic E-state index is -0.525. The molecule has 0 saturated carbocycles. The van der Waals surface area contributed by atoms with Crippen LogP contribution in [0, 0.1) is 12.8 Å². The van der Waals surface area contributed by atoms with Crippen LogP contribution in [0.15, 0.2) is 29.1 Å². The Morgan fingerprint density at radius 3 is 2.54 bits per heavy atom. The topological polar surface area (TPSA) is 90.3 Å². The molecule has 1 saturated heterocycles. The summed E-state index contributed by atoms with van der Waals surface area (Å²) in [5, 5.41) is 0. The third-order valence-electron chi connectivity index (χ3n) is 6.84. The van der Waals surface area contributed by atoms with Crippen LogP contribution >= 0.6 is 0 Å². The van der Waals surface area contributed by atoms with Crippen LogP contribution in [-0.2, 0) is 29.0 Å². The number of amides is 1. The first-order valence-electron chi connectivity index (χ1n) is 11.9. The number of likely N-dealkylation sites (tertiary alicyclic amines) is 1. The summed E-state index contributed by atoms with van der Waals surface area (Å²) in [7, 11) is 4.75. The van der Waals surface area contributed by atoms with Gasteiger partial charge in [-0.05, 0) is 24.1 Å². The quantitative estimate of drug-likeness (QED) is 0.556. The maximum absolute atomic E-state index is 13.0. The molecule has 2 aromatic rings. The predicted molar refractivity (Wildman–Crippen MR) is 130 cm³/mol. The Balaban J connectivity index is 1.55. The standard InChI is InChI=1S/C26H33N3O6/c1-17-11-18(5-6-21(17)33-3)15-28-8-7-20-25(26(32)34-4)22(13-24(31)29(20)10-9-28)35-16-19-12-23(30)27(2)14-19/h5-6,11,13,19H,7-10,12,14-16H2,1-4H3. The van der Waals surface area contributed by atoms with E-state index in [1.807, 2.05) is 19.1 Å². The molecule has 35 heavy (non-hydrogen) atoms. The number of aryl methyl sites for hydroxylation is 1. The summed E-state index contributed by atoms with van der Waals surface area (Å²) in [6, 6.07) is 7.50. The lowest BCUT2D eigenvalue weighted by Gasteiger charge is -2.20. The second kappa shape index (κ2) is 10.5. The number of hydrogen-bond donors (Lipinski definition) is 0. The van der Waals surface area contributed by atoms with Gasteiger partial charge in [0.2, 0.25) is 5.91 Å². The predicted octanol–water partition coefficient (Wildman–Crippen LogP) is 1.87. The molecular formula is C26H33N3O6. The molecular weight excluding hydrogens is 450 g/mol. The van der Waals surface area contributed by atoms with E-state index in [9.17, 15) is 14.4 Å². The van der Waals surface area contributed by atoms with Crippen molar-refractivity contribution < 1.29 is 23.8 Å². The van der Waals surface area contributed by atoms with Gasteiger partial charge >= 0.3 is 5.97 Å². The van der Waals surface area contributed by atoms with Crippen molar-refractivity contribution in [2.75, 3.05) is 47.5 Å². The third kappa shape index (κ3) is 5.35. The molecule has 188 valence electrons. The van der Waals surface area contributed by atoms with Crippen molar-refractivity contribution in [1.82, 2.24) is 14.4 Å². The Bertz CT molecular complexity index is 1170. The summed E-state index contributed by atoms with van der Waals surface area (Å²) >= 11 is 0. The Hall–Kier alpha value is -3.33. The van der Waals surface area contributed by atoms with Crippen LogP contribution in [0.5, 0.6) is 11.5 Å². The van der Waals surface area contributed by atoms with Crippen LogP contribution in [0.3, 0.4) is 0 Å². The van der Waals surface area contributed by atoms with Crippen molar-refractivity contribution in [1.29, 1.82) is 0 Å². The highest BCUT2D eigenvalue weighted by Crippen LogP contribution is 2.26. The number of fused-ring (bicyclic) bond motifs is 1. The van der Waals surface area contributed by atoms with Gasteiger partial charge in [0.05, 0.1) is 20.8 Å². The molecule has 1 amide bonds. The molecule has 0 N–H and O–H groups in total. The van der Waals surface area contributed by atoms with E-state index in [1.165, 1.54) is 13.2 Å². The molecule has 9 heteroatoms. The zero-order chi connectivity index (χ0) is 25.1. The first-order valence-corrected chi connectivity index (χ1v) is 11.9. The molecule has 0 radical (unpaired) electrons. The molecule has 0 bridgehead atoms. The summed E-state index contributed by atoms with van der Waals surface area (Å²) in [6.45, 7) is 5.42. The van der Waals surface area contributed by atoms with Crippen LogP contribution in [-0.4, -0.2) is 73.8 Å². The monoisotopic (exact) mass is 483 g/mol. The molecule has 1 atom stereocenters. The minimum absolute atomic E-state index is 0.0167.